The molecule has 2 aromatic carbocycles. The van der Waals surface area contributed by atoms with Gasteiger partial charge in [-0.3, -0.25) is 4.79 Å². The summed E-state index contributed by atoms with van der Waals surface area (Å²) in [6, 6.07) is 14.1. The summed E-state index contributed by atoms with van der Waals surface area (Å²) in [6.45, 7) is 6.79. The van der Waals surface area contributed by atoms with Crippen molar-refractivity contribution >= 4 is 17.3 Å². The summed E-state index contributed by atoms with van der Waals surface area (Å²) in [5, 5.41) is 2.96. The van der Waals surface area contributed by atoms with Gasteiger partial charge in [-0.05, 0) is 55.0 Å². The minimum Gasteiger partial charge on any atom is -0.494 e. The zero-order valence-electron chi connectivity index (χ0n) is 16.4. The van der Waals surface area contributed by atoms with Gasteiger partial charge in [-0.1, -0.05) is 13.3 Å². The molecule has 1 aliphatic rings. The zero-order chi connectivity index (χ0) is 19.8. The van der Waals surface area contributed by atoms with E-state index in [0.29, 0.717) is 6.54 Å². The number of quaternary nitrogens is 1. The van der Waals surface area contributed by atoms with Crippen LogP contribution in [0.4, 0.5) is 15.8 Å². The van der Waals surface area contributed by atoms with E-state index in [2.05, 4.69) is 17.1 Å². The van der Waals surface area contributed by atoms with Crippen molar-refractivity contribution in [1.82, 2.24) is 0 Å². The van der Waals surface area contributed by atoms with Crippen LogP contribution in [0.25, 0.3) is 0 Å². The Labute approximate surface area is 166 Å². The quantitative estimate of drug-likeness (QED) is 0.685. The van der Waals surface area contributed by atoms with Gasteiger partial charge in [-0.2, -0.15) is 0 Å². The molecule has 0 atom stereocenters. The molecule has 2 N–H and O–H groups in total. The third-order valence-electron chi connectivity index (χ3n) is 4.98. The molecule has 0 aromatic heterocycles. The van der Waals surface area contributed by atoms with Gasteiger partial charge in [0.2, 0.25) is 0 Å². The average molecular weight is 386 g/mol. The number of carbonyl (C=O) groups excluding carboxylic acids is 1. The van der Waals surface area contributed by atoms with Gasteiger partial charge in [0.15, 0.2) is 6.54 Å². The standard InChI is InChI=1S/C22H28FN3O2/c1-2-3-16-28-21-10-6-19(7-11-21)24-22(27)17-25-12-14-26(15-13-25)20-8-4-18(23)5-9-20/h4-11H,2-3,12-17H2,1H3,(H,24,27)/p+1. The first kappa shape index (κ1) is 20.1. The van der Waals surface area contributed by atoms with Gasteiger partial charge in [-0.15, -0.1) is 0 Å². The lowest BCUT2D eigenvalue weighted by atomic mass is 10.2. The predicted molar refractivity (Wildman–Crippen MR) is 110 cm³/mol. The summed E-state index contributed by atoms with van der Waals surface area (Å²) < 4.78 is 18.7. The Morgan fingerprint density at radius 2 is 1.79 bits per heavy atom. The van der Waals surface area contributed by atoms with E-state index in [1.165, 1.54) is 17.0 Å². The van der Waals surface area contributed by atoms with Crippen LogP contribution in [-0.2, 0) is 4.79 Å². The lowest BCUT2D eigenvalue weighted by molar-refractivity contribution is -0.892. The average Bonchev–Trinajstić information content (AvgIpc) is 2.71. The van der Waals surface area contributed by atoms with Gasteiger partial charge < -0.3 is 19.9 Å². The first-order valence-electron chi connectivity index (χ1n) is 10.0. The molecule has 3 rings (SSSR count). The van der Waals surface area contributed by atoms with Crippen LogP contribution in [0.15, 0.2) is 48.5 Å². The summed E-state index contributed by atoms with van der Waals surface area (Å²) in [5.41, 5.74) is 1.82. The summed E-state index contributed by atoms with van der Waals surface area (Å²) in [7, 11) is 0. The summed E-state index contributed by atoms with van der Waals surface area (Å²) in [5.74, 6) is 0.629. The maximum absolute atomic E-state index is 13.1. The number of nitrogens with zero attached hydrogens (tertiary/aromatic N) is 1. The first-order chi connectivity index (χ1) is 13.6. The topological polar surface area (TPSA) is 46.0 Å². The molecule has 2 aromatic rings. The number of rotatable bonds is 8. The molecular weight excluding hydrogens is 357 g/mol. The Hall–Kier alpha value is -2.60. The van der Waals surface area contributed by atoms with Crippen molar-refractivity contribution in [2.45, 2.75) is 19.8 Å². The molecule has 150 valence electrons. The molecule has 0 saturated carbocycles. The molecule has 1 heterocycles. The predicted octanol–water partition coefficient (Wildman–Crippen LogP) is 2.35. The van der Waals surface area contributed by atoms with E-state index in [-0.39, 0.29) is 11.7 Å². The van der Waals surface area contributed by atoms with Gasteiger partial charge >= 0.3 is 0 Å². The maximum Gasteiger partial charge on any atom is 0.279 e. The summed E-state index contributed by atoms with van der Waals surface area (Å²) in [4.78, 5) is 15.8. The molecule has 0 radical (unpaired) electrons. The molecule has 1 saturated heterocycles. The van der Waals surface area contributed by atoms with Crippen LogP contribution in [0, 0.1) is 5.82 Å². The van der Waals surface area contributed by atoms with E-state index in [9.17, 15) is 9.18 Å². The minimum atomic E-state index is -0.217. The highest BCUT2D eigenvalue weighted by Crippen LogP contribution is 2.16. The first-order valence-corrected chi connectivity index (χ1v) is 10.0. The zero-order valence-corrected chi connectivity index (χ0v) is 16.4. The van der Waals surface area contributed by atoms with Crippen LogP contribution >= 0.6 is 0 Å². The second kappa shape index (κ2) is 10.1. The van der Waals surface area contributed by atoms with Crippen molar-refractivity contribution < 1.29 is 18.8 Å². The minimum absolute atomic E-state index is 0.0184. The number of amides is 1. The van der Waals surface area contributed by atoms with Crippen molar-refractivity contribution in [3.05, 3.63) is 54.3 Å². The van der Waals surface area contributed by atoms with Crippen LogP contribution in [0.3, 0.4) is 0 Å². The number of hydrogen-bond donors (Lipinski definition) is 2. The fourth-order valence-electron chi connectivity index (χ4n) is 3.31. The molecule has 0 aliphatic carbocycles. The molecule has 1 fully saturated rings. The lowest BCUT2D eigenvalue weighted by Gasteiger charge is -2.33. The monoisotopic (exact) mass is 386 g/mol. The Bertz CT molecular complexity index is 741. The highest BCUT2D eigenvalue weighted by atomic mass is 19.1. The Morgan fingerprint density at radius 3 is 2.43 bits per heavy atom. The number of unbranched alkanes of at least 4 members (excludes halogenated alkanes) is 1. The SMILES string of the molecule is CCCCOc1ccc(NC(=O)C[NH+]2CCN(c3ccc(F)cc3)CC2)cc1. The number of halogens is 1. The smallest absolute Gasteiger partial charge is 0.279 e. The fourth-order valence-corrected chi connectivity index (χ4v) is 3.31. The van der Waals surface area contributed by atoms with E-state index >= 15 is 0 Å². The van der Waals surface area contributed by atoms with Crippen LogP contribution in [0.2, 0.25) is 0 Å². The van der Waals surface area contributed by atoms with E-state index < -0.39 is 0 Å². The maximum atomic E-state index is 13.1. The Morgan fingerprint density at radius 1 is 1.11 bits per heavy atom. The van der Waals surface area contributed by atoms with E-state index in [4.69, 9.17) is 4.74 Å². The molecule has 6 heteroatoms. The van der Waals surface area contributed by atoms with Crippen LogP contribution in [0.1, 0.15) is 19.8 Å². The third-order valence-corrected chi connectivity index (χ3v) is 4.98. The Kier molecular flexibility index (Phi) is 7.25. The third kappa shape index (κ3) is 5.96. The molecular formula is C22H29FN3O2+. The van der Waals surface area contributed by atoms with Gasteiger partial charge in [0.1, 0.15) is 11.6 Å². The number of ether oxygens (including phenoxy) is 1. The van der Waals surface area contributed by atoms with Crippen molar-refractivity contribution in [3.8, 4) is 5.75 Å². The molecule has 1 aliphatic heterocycles. The molecule has 0 bridgehead atoms. The summed E-state index contributed by atoms with van der Waals surface area (Å²) >= 11 is 0. The van der Waals surface area contributed by atoms with Crippen molar-refractivity contribution in [1.29, 1.82) is 0 Å². The number of carbonyl (C=O) groups is 1. The second-order valence-electron chi connectivity index (χ2n) is 7.16. The Balaban J connectivity index is 1.41. The molecule has 0 unspecified atom stereocenters. The van der Waals surface area contributed by atoms with E-state index in [1.54, 1.807) is 0 Å². The van der Waals surface area contributed by atoms with Crippen molar-refractivity contribution in [2.75, 3.05) is 49.5 Å². The highest BCUT2D eigenvalue weighted by Gasteiger charge is 2.22. The van der Waals surface area contributed by atoms with Crippen LogP contribution in [-0.4, -0.2) is 45.2 Å². The molecule has 0 spiro atoms. The number of nitrogens with one attached hydrogen (secondary N) is 2. The van der Waals surface area contributed by atoms with Gasteiger partial charge in [0.25, 0.3) is 5.91 Å². The summed E-state index contributed by atoms with van der Waals surface area (Å²) in [6.07, 6.45) is 2.14. The highest BCUT2D eigenvalue weighted by molar-refractivity contribution is 5.91. The molecule has 5 nitrogen and oxygen atoms in total. The lowest BCUT2D eigenvalue weighted by Crippen LogP contribution is -3.15. The van der Waals surface area contributed by atoms with Gasteiger partial charge in [0, 0.05) is 11.4 Å². The van der Waals surface area contributed by atoms with E-state index in [1.807, 2.05) is 36.4 Å². The van der Waals surface area contributed by atoms with E-state index in [0.717, 1.165) is 62.8 Å². The van der Waals surface area contributed by atoms with Crippen molar-refractivity contribution in [2.24, 2.45) is 0 Å². The number of piperazine rings is 1. The van der Waals surface area contributed by atoms with Crippen molar-refractivity contribution in [3.63, 3.8) is 0 Å². The van der Waals surface area contributed by atoms with Crippen LogP contribution < -0.4 is 19.9 Å². The van der Waals surface area contributed by atoms with Gasteiger partial charge in [0.05, 0.1) is 32.8 Å². The second-order valence-corrected chi connectivity index (χ2v) is 7.16. The normalized spacial score (nSPS) is 14.7. The largest absolute Gasteiger partial charge is 0.494 e. The van der Waals surface area contributed by atoms with Crippen LogP contribution in [0.5, 0.6) is 5.75 Å². The number of anilines is 2. The fraction of sp³-hybridized carbons (Fsp3) is 0.409. The molecule has 28 heavy (non-hydrogen) atoms. The number of benzene rings is 2. The molecule has 1 amide bonds. The number of hydrogen-bond acceptors (Lipinski definition) is 3. The van der Waals surface area contributed by atoms with Gasteiger partial charge in [-0.25, -0.2) is 4.39 Å².